The van der Waals surface area contributed by atoms with Gasteiger partial charge in [0.1, 0.15) is 15.7 Å². The molecule has 10 heteroatoms. The Labute approximate surface area is 150 Å². The molecule has 5 nitrogen and oxygen atoms in total. The summed E-state index contributed by atoms with van der Waals surface area (Å²) in [6.45, 7) is 3.23. The van der Waals surface area contributed by atoms with Gasteiger partial charge in [0.2, 0.25) is 5.91 Å². The Kier molecular flexibility index (Phi) is 7.57. The number of nitrogens with zero attached hydrogens (tertiary/aromatic N) is 1. The third-order valence-electron chi connectivity index (χ3n) is 3.77. The van der Waals surface area contributed by atoms with Gasteiger partial charge in [0.15, 0.2) is 0 Å². The van der Waals surface area contributed by atoms with Crippen LogP contribution in [0.2, 0.25) is 0 Å². The van der Waals surface area contributed by atoms with E-state index in [9.17, 15) is 30.8 Å². The van der Waals surface area contributed by atoms with Gasteiger partial charge >= 0.3 is 6.18 Å². The van der Waals surface area contributed by atoms with E-state index in [1.165, 1.54) is 0 Å². The summed E-state index contributed by atoms with van der Waals surface area (Å²) in [5.74, 6) is -1.70. The molecule has 1 aromatic rings. The molecule has 0 saturated carbocycles. The summed E-state index contributed by atoms with van der Waals surface area (Å²) in [6, 6.07) is 1.83. The molecule has 0 saturated heterocycles. The lowest BCUT2D eigenvalue weighted by Crippen LogP contribution is -2.44. The molecule has 0 fully saturated rings. The zero-order valence-electron chi connectivity index (χ0n) is 14.7. The van der Waals surface area contributed by atoms with Crippen molar-refractivity contribution in [2.24, 2.45) is 0 Å². The predicted octanol–water partition coefficient (Wildman–Crippen LogP) is 2.22. The van der Waals surface area contributed by atoms with E-state index >= 15 is 0 Å². The number of carbonyl (C=O) groups is 1. The fourth-order valence-corrected chi connectivity index (χ4v) is 3.61. The van der Waals surface area contributed by atoms with Gasteiger partial charge in [-0.1, -0.05) is 13.0 Å². The van der Waals surface area contributed by atoms with Crippen LogP contribution in [0.1, 0.15) is 25.0 Å². The fourth-order valence-electron chi connectivity index (χ4n) is 2.52. The summed E-state index contributed by atoms with van der Waals surface area (Å²) in [6.07, 6.45) is -3.65. The number of alkyl halides is 3. The lowest BCUT2D eigenvalue weighted by Gasteiger charge is -2.26. The van der Waals surface area contributed by atoms with Gasteiger partial charge in [0, 0.05) is 18.8 Å². The van der Waals surface area contributed by atoms with Crippen molar-refractivity contribution in [3.05, 3.63) is 35.1 Å². The van der Waals surface area contributed by atoms with Gasteiger partial charge in [-0.2, -0.15) is 13.2 Å². The first kappa shape index (κ1) is 22.4. The van der Waals surface area contributed by atoms with Gasteiger partial charge in [0.05, 0.1) is 17.9 Å². The topological polar surface area (TPSA) is 66.5 Å². The molecule has 0 spiro atoms. The quantitative estimate of drug-likeness (QED) is 0.682. The highest BCUT2D eigenvalue weighted by atomic mass is 32.2. The second-order valence-electron chi connectivity index (χ2n) is 6.08. The zero-order chi connectivity index (χ0) is 20.1. The molecule has 0 bridgehead atoms. The Morgan fingerprint density at radius 2 is 1.92 bits per heavy atom. The number of hydrogen-bond donors (Lipinski definition) is 1. The molecule has 1 amide bonds. The van der Waals surface area contributed by atoms with Gasteiger partial charge in [-0.15, -0.1) is 0 Å². The molecule has 0 aliphatic rings. The van der Waals surface area contributed by atoms with Crippen molar-refractivity contribution in [2.45, 2.75) is 32.6 Å². The molecule has 1 aromatic carbocycles. The van der Waals surface area contributed by atoms with Crippen molar-refractivity contribution in [3.8, 4) is 0 Å². The van der Waals surface area contributed by atoms with E-state index < -0.39 is 45.9 Å². The Morgan fingerprint density at radius 3 is 2.42 bits per heavy atom. The molecule has 1 N–H and O–H groups in total. The maximum atomic E-state index is 13.1. The van der Waals surface area contributed by atoms with Crippen LogP contribution in [0.4, 0.5) is 17.6 Å². The van der Waals surface area contributed by atoms with Crippen LogP contribution >= 0.6 is 0 Å². The monoisotopic (exact) mass is 398 g/mol. The van der Waals surface area contributed by atoms with Crippen LogP contribution in [0, 0.1) is 5.82 Å². The molecule has 26 heavy (non-hydrogen) atoms. The zero-order valence-corrected chi connectivity index (χ0v) is 15.5. The second-order valence-corrected chi connectivity index (χ2v) is 8.27. The largest absolute Gasteiger partial charge is 0.416 e. The van der Waals surface area contributed by atoms with Crippen molar-refractivity contribution >= 4 is 15.7 Å². The molecular formula is C16H22F4N2O3S. The molecule has 1 atom stereocenters. The molecule has 148 valence electrons. The molecule has 1 unspecified atom stereocenters. The first-order valence-electron chi connectivity index (χ1n) is 7.87. The smallest absolute Gasteiger partial charge is 0.351 e. The van der Waals surface area contributed by atoms with E-state index in [1.807, 2.05) is 0 Å². The summed E-state index contributed by atoms with van der Waals surface area (Å²) >= 11 is 0. The molecule has 0 heterocycles. The summed E-state index contributed by atoms with van der Waals surface area (Å²) < 4.78 is 74.6. The van der Waals surface area contributed by atoms with Gasteiger partial charge in [-0.05, 0) is 31.2 Å². The summed E-state index contributed by atoms with van der Waals surface area (Å²) in [5, 5.41) is 2.36. The molecule has 0 radical (unpaired) electrons. The number of amides is 1. The van der Waals surface area contributed by atoms with E-state index in [2.05, 4.69) is 5.32 Å². The van der Waals surface area contributed by atoms with Crippen molar-refractivity contribution in [3.63, 3.8) is 0 Å². The molecule has 0 aliphatic carbocycles. The molecular weight excluding hydrogens is 376 g/mol. The van der Waals surface area contributed by atoms with Crippen LogP contribution in [0.3, 0.4) is 0 Å². The summed E-state index contributed by atoms with van der Waals surface area (Å²) in [4.78, 5) is 13.6. The van der Waals surface area contributed by atoms with Gasteiger partial charge in [-0.3, -0.25) is 9.69 Å². The van der Waals surface area contributed by atoms with Gasteiger partial charge < -0.3 is 5.32 Å². The minimum absolute atomic E-state index is 0.135. The van der Waals surface area contributed by atoms with Crippen molar-refractivity contribution in [1.82, 2.24) is 10.2 Å². The number of carbonyl (C=O) groups excluding carboxylic acids is 1. The van der Waals surface area contributed by atoms with Crippen molar-refractivity contribution in [1.29, 1.82) is 0 Å². The van der Waals surface area contributed by atoms with Gasteiger partial charge in [-0.25, -0.2) is 12.8 Å². The van der Waals surface area contributed by atoms with E-state index in [-0.39, 0.29) is 17.9 Å². The van der Waals surface area contributed by atoms with E-state index in [4.69, 9.17) is 0 Å². The lowest BCUT2D eigenvalue weighted by molar-refractivity contribution is -0.138. The molecule has 1 rings (SSSR count). The third kappa shape index (κ3) is 7.28. The summed E-state index contributed by atoms with van der Waals surface area (Å²) in [5.41, 5.74) is -1.39. The summed E-state index contributed by atoms with van der Waals surface area (Å²) in [7, 11) is -3.23. The van der Waals surface area contributed by atoms with Crippen LogP contribution < -0.4 is 5.32 Å². The highest BCUT2D eigenvalue weighted by Crippen LogP contribution is 2.32. The predicted molar refractivity (Wildman–Crippen MR) is 89.7 cm³/mol. The van der Waals surface area contributed by atoms with Crippen molar-refractivity contribution in [2.75, 3.05) is 25.1 Å². The number of rotatable bonds is 8. The highest BCUT2D eigenvalue weighted by Gasteiger charge is 2.33. The SMILES string of the molecule is CCN(CC(=O)NCc1ccc(F)cc1C(F)(F)F)C(C)CS(C)(=O)=O. The second kappa shape index (κ2) is 8.81. The highest BCUT2D eigenvalue weighted by molar-refractivity contribution is 7.90. The lowest BCUT2D eigenvalue weighted by atomic mass is 10.1. The standard InChI is InChI=1S/C16H22F4N2O3S/c1-4-22(11(2)10-26(3,24)25)9-15(23)21-8-12-5-6-13(17)7-14(12)16(18,19)20/h5-7,11H,4,8-10H2,1-3H3,(H,21,23). The molecule has 0 aliphatic heterocycles. The number of halogens is 4. The Morgan fingerprint density at radius 1 is 1.31 bits per heavy atom. The first-order valence-corrected chi connectivity index (χ1v) is 9.93. The fraction of sp³-hybridized carbons (Fsp3) is 0.562. The number of benzene rings is 1. The van der Waals surface area contributed by atoms with E-state index in [1.54, 1.807) is 18.7 Å². The Bertz CT molecular complexity index is 736. The molecule has 0 aromatic heterocycles. The maximum Gasteiger partial charge on any atom is 0.416 e. The van der Waals surface area contributed by atoms with E-state index in [0.29, 0.717) is 12.6 Å². The third-order valence-corrected chi connectivity index (χ3v) is 4.86. The van der Waals surface area contributed by atoms with Gasteiger partial charge in [0.25, 0.3) is 0 Å². The number of sulfone groups is 1. The van der Waals surface area contributed by atoms with Crippen LogP contribution in [-0.4, -0.2) is 50.4 Å². The first-order chi connectivity index (χ1) is 11.8. The normalized spacial score (nSPS) is 13.7. The van der Waals surface area contributed by atoms with Crippen LogP contribution in [0.25, 0.3) is 0 Å². The minimum Gasteiger partial charge on any atom is -0.351 e. The van der Waals surface area contributed by atoms with E-state index in [0.717, 1.165) is 18.4 Å². The maximum absolute atomic E-state index is 13.1. The Hall–Kier alpha value is -1.68. The van der Waals surface area contributed by atoms with Crippen LogP contribution in [0.5, 0.6) is 0 Å². The van der Waals surface area contributed by atoms with Crippen LogP contribution in [-0.2, 0) is 27.4 Å². The number of likely N-dealkylation sites (N-methyl/N-ethyl adjacent to an activating group) is 1. The van der Waals surface area contributed by atoms with Crippen LogP contribution in [0.15, 0.2) is 18.2 Å². The average molecular weight is 398 g/mol. The number of nitrogens with one attached hydrogen (secondary N) is 1. The Balaban J connectivity index is 2.75. The minimum atomic E-state index is -4.73. The average Bonchev–Trinajstić information content (AvgIpc) is 2.48. The number of hydrogen-bond acceptors (Lipinski definition) is 4. The van der Waals surface area contributed by atoms with Crippen molar-refractivity contribution < 1.29 is 30.8 Å².